The number of hydrogen-bond acceptors (Lipinski definition) is 2. The first kappa shape index (κ1) is 14.9. The van der Waals surface area contributed by atoms with Crippen molar-refractivity contribution in [3.05, 3.63) is 35.4 Å². The zero-order valence-electron chi connectivity index (χ0n) is 11.6. The first-order valence-electron chi connectivity index (χ1n) is 7.08. The summed E-state index contributed by atoms with van der Waals surface area (Å²) < 4.78 is 26.8. The second-order valence-electron chi connectivity index (χ2n) is 5.21. The predicted octanol–water partition coefficient (Wildman–Crippen LogP) is 2.53. The summed E-state index contributed by atoms with van der Waals surface area (Å²) in [5.41, 5.74) is 0.354. The fraction of sp³-hybridized carbons (Fsp3) is 0.533. The van der Waals surface area contributed by atoms with Crippen LogP contribution in [0.1, 0.15) is 37.8 Å². The van der Waals surface area contributed by atoms with Crippen LogP contribution < -0.4 is 10.6 Å². The Hall–Kier alpha value is -1.49. The molecule has 1 saturated heterocycles. The molecule has 0 spiro atoms. The molecule has 0 aromatic heterocycles. The van der Waals surface area contributed by atoms with E-state index in [1.807, 2.05) is 6.92 Å². The molecule has 1 fully saturated rings. The molecule has 1 aromatic rings. The van der Waals surface area contributed by atoms with Crippen LogP contribution in [-0.2, 0) is 4.79 Å². The third-order valence-corrected chi connectivity index (χ3v) is 3.66. The van der Waals surface area contributed by atoms with Crippen LogP contribution in [0.5, 0.6) is 0 Å². The highest BCUT2D eigenvalue weighted by Crippen LogP contribution is 2.23. The van der Waals surface area contributed by atoms with Gasteiger partial charge in [-0.05, 0) is 25.5 Å². The van der Waals surface area contributed by atoms with E-state index in [1.54, 1.807) is 0 Å². The predicted molar refractivity (Wildman–Crippen MR) is 73.1 cm³/mol. The maximum absolute atomic E-state index is 13.8. The van der Waals surface area contributed by atoms with Crippen LogP contribution in [0.2, 0.25) is 0 Å². The van der Waals surface area contributed by atoms with Crippen LogP contribution >= 0.6 is 0 Å². The number of benzene rings is 1. The number of carbonyl (C=O) groups is 1. The molecule has 1 amide bonds. The van der Waals surface area contributed by atoms with Crippen molar-refractivity contribution < 1.29 is 13.6 Å². The second-order valence-corrected chi connectivity index (χ2v) is 5.21. The molecular formula is C15H20F2N2O. The quantitative estimate of drug-likeness (QED) is 0.871. The number of halogens is 2. The maximum Gasteiger partial charge on any atom is 0.224 e. The minimum Gasteiger partial charge on any atom is -0.349 e. The van der Waals surface area contributed by atoms with Crippen LogP contribution in [-0.4, -0.2) is 19.0 Å². The van der Waals surface area contributed by atoms with Crippen molar-refractivity contribution in [2.24, 2.45) is 5.92 Å². The molecule has 2 rings (SSSR count). The van der Waals surface area contributed by atoms with Gasteiger partial charge in [-0.1, -0.05) is 19.4 Å². The summed E-state index contributed by atoms with van der Waals surface area (Å²) in [7, 11) is 0. The van der Waals surface area contributed by atoms with Gasteiger partial charge in [0.05, 0.1) is 12.0 Å². The molecule has 20 heavy (non-hydrogen) atoms. The van der Waals surface area contributed by atoms with Crippen LogP contribution in [0.25, 0.3) is 0 Å². The lowest BCUT2D eigenvalue weighted by Gasteiger charge is -2.21. The first-order valence-corrected chi connectivity index (χ1v) is 7.08. The minimum atomic E-state index is -0.604. The standard InChI is InChI=1S/C15H20F2N2O/c1-2-3-14(12-5-4-11(16)8-13(12)17)19-15(20)10-6-7-18-9-10/h4-5,8,10,14,18H,2-3,6-7,9H2,1H3,(H,19,20). The summed E-state index contributed by atoms with van der Waals surface area (Å²) in [5.74, 6) is -1.32. The highest BCUT2D eigenvalue weighted by Gasteiger charge is 2.25. The third kappa shape index (κ3) is 3.54. The van der Waals surface area contributed by atoms with E-state index in [-0.39, 0.29) is 11.8 Å². The van der Waals surface area contributed by atoms with Gasteiger partial charge in [0.15, 0.2) is 0 Å². The van der Waals surface area contributed by atoms with Gasteiger partial charge in [0, 0.05) is 18.2 Å². The number of nitrogens with one attached hydrogen (secondary N) is 2. The topological polar surface area (TPSA) is 41.1 Å². The number of hydrogen-bond donors (Lipinski definition) is 2. The molecular weight excluding hydrogens is 262 g/mol. The Labute approximate surface area is 117 Å². The van der Waals surface area contributed by atoms with E-state index in [1.165, 1.54) is 12.1 Å². The maximum atomic E-state index is 13.8. The van der Waals surface area contributed by atoms with Crippen LogP contribution in [0, 0.1) is 17.6 Å². The van der Waals surface area contributed by atoms with Gasteiger partial charge in [-0.2, -0.15) is 0 Å². The lowest BCUT2D eigenvalue weighted by molar-refractivity contribution is -0.125. The Morgan fingerprint density at radius 3 is 2.90 bits per heavy atom. The summed E-state index contributed by atoms with van der Waals surface area (Å²) in [6.07, 6.45) is 2.25. The van der Waals surface area contributed by atoms with Crippen molar-refractivity contribution in [3.63, 3.8) is 0 Å². The molecule has 1 aliphatic rings. The van der Waals surface area contributed by atoms with Crippen molar-refractivity contribution in [3.8, 4) is 0 Å². The van der Waals surface area contributed by atoms with Gasteiger partial charge < -0.3 is 10.6 Å². The molecule has 0 bridgehead atoms. The first-order chi connectivity index (χ1) is 9.61. The molecule has 1 aliphatic heterocycles. The molecule has 0 aliphatic carbocycles. The highest BCUT2D eigenvalue weighted by molar-refractivity contribution is 5.79. The molecule has 3 nitrogen and oxygen atoms in total. The normalized spacial score (nSPS) is 19.9. The second kappa shape index (κ2) is 6.79. The average Bonchev–Trinajstić information content (AvgIpc) is 2.92. The monoisotopic (exact) mass is 282 g/mol. The summed E-state index contributed by atoms with van der Waals surface area (Å²) in [6.45, 7) is 3.47. The Kier molecular flexibility index (Phi) is 5.06. The lowest BCUT2D eigenvalue weighted by atomic mass is 10.00. The van der Waals surface area contributed by atoms with Gasteiger partial charge in [-0.15, -0.1) is 0 Å². The Bertz CT molecular complexity index is 473. The van der Waals surface area contributed by atoms with Crippen LogP contribution in [0.15, 0.2) is 18.2 Å². The molecule has 0 radical (unpaired) electrons. The Balaban J connectivity index is 2.11. The van der Waals surface area contributed by atoms with E-state index in [9.17, 15) is 13.6 Å². The zero-order chi connectivity index (χ0) is 14.5. The molecule has 2 atom stereocenters. The van der Waals surface area contributed by atoms with Crippen molar-refractivity contribution in [2.45, 2.75) is 32.2 Å². The molecule has 2 unspecified atom stereocenters. The van der Waals surface area contributed by atoms with E-state index in [4.69, 9.17) is 0 Å². The van der Waals surface area contributed by atoms with Crippen molar-refractivity contribution >= 4 is 5.91 Å². The number of amides is 1. The fourth-order valence-electron chi connectivity index (χ4n) is 2.55. The molecule has 2 N–H and O–H groups in total. The van der Waals surface area contributed by atoms with Gasteiger partial charge in [-0.3, -0.25) is 4.79 Å². The summed E-state index contributed by atoms with van der Waals surface area (Å²) in [5, 5.41) is 6.03. The van der Waals surface area contributed by atoms with Crippen LogP contribution in [0.4, 0.5) is 8.78 Å². The van der Waals surface area contributed by atoms with Crippen LogP contribution in [0.3, 0.4) is 0 Å². The Morgan fingerprint density at radius 2 is 2.30 bits per heavy atom. The van der Waals surface area contributed by atoms with E-state index in [0.29, 0.717) is 18.5 Å². The summed E-state index contributed by atoms with van der Waals surface area (Å²) in [6, 6.07) is 3.11. The van der Waals surface area contributed by atoms with Crippen molar-refractivity contribution in [1.29, 1.82) is 0 Å². The van der Waals surface area contributed by atoms with E-state index in [0.717, 1.165) is 25.5 Å². The SMILES string of the molecule is CCCC(NC(=O)C1CCNC1)c1ccc(F)cc1F. The van der Waals surface area contributed by atoms with Gasteiger partial charge >= 0.3 is 0 Å². The van der Waals surface area contributed by atoms with Gasteiger partial charge in [-0.25, -0.2) is 8.78 Å². The van der Waals surface area contributed by atoms with Gasteiger partial charge in [0.1, 0.15) is 11.6 Å². The molecule has 1 heterocycles. The van der Waals surface area contributed by atoms with Crippen molar-refractivity contribution in [2.75, 3.05) is 13.1 Å². The van der Waals surface area contributed by atoms with E-state index in [2.05, 4.69) is 10.6 Å². The highest BCUT2D eigenvalue weighted by atomic mass is 19.1. The number of rotatable bonds is 5. The molecule has 5 heteroatoms. The smallest absolute Gasteiger partial charge is 0.224 e. The Morgan fingerprint density at radius 1 is 1.50 bits per heavy atom. The molecule has 110 valence electrons. The van der Waals surface area contributed by atoms with E-state index >= 15 is 0 Å². The summed E-state index contributed by atoms with van der Waals surface area (Å²) in [4.78, 5) is 12.1. The lowest BCUT2D eigenvalue weighted by Crippen LogP contribution is -2.35. The van der Waals surface area contributed by atoms with Gasteiger partial charge in [0.25, 0.3) is 0 Å². The largest absolute Gasteiger partial charge is 0.349 e. The average molecular weight is 282 g/mol. The summed E-state index contributed by atoms with van der Waals surface area (Å²) >= 11 is 0. The van der Waals surface area contributed by atoms with Gasteiger partial charge in [0.2, 0.25) is 5.91 Å². The third-order valence-electron chi connectivity index (χ3n) is 3.66. The zero-order valence-corrected chi connectivity index (χ0v) is 11.6. The molecule has 1 aromatic carbocycles. The van der Waals surface area contributed by atoms with E-state index < -0.39 is 17.7 Å². The fourth-order valence-corrected chi connectivity index (χ4v) is 2.55. The minimum absolute atomic E-state index is 0.0575. The number of carbonyl (C=O) groups excluding carboxylic acids is 1. The van der Waals surface area contributed by atoms with Crippen molar-refractivity contribution in [1.82, 2.24) is 10.6 Å². The molecule has 0 saturated carbocycles.